The van der Waals surface area contributed by atoms with Gasteiger partial charge in [0.2, 0.25) is 0 Å². The van der Waals surface area contributed by atoms with Crippen molar-refractivity contribution in [3.63, 3.8) is 0 Å². The Balaban J connectivity index is 1.94. The van der Waals surface area contributed by atoms with E-state index >= 15 is 0 Å². The first kappa shape index (κ1) is 9.62. The lowest BCUT2D eigenvalue weighted by Gasteiger charge is -2.42. The van der Waals surface area contributed by atoms with Gasteiger partial charge in [0.25, 0.3) is 0 Å². The van der Waals surface area contributed by atoms with Crippen LogP contribution in [0.1, 0.15) is 18.7 Å². The maximum atomic E-state index is 8.91. The first-order valence-electron chi connectivity index (χ1n) is 5.07. The van der Waals surface area contributed by atoms with Gasteiger partial charge >= 0.3 is 0 Å². The van der Waals surface area contributed by atoms with Crippen LogP contribution in [0.25, 0.3) is 0 Å². The summed E-state index contributed by atoms with van der Waals surface area (Å²) in [5.74, 6) is 0.473. The zero-order chi connectivity index (χ0) is 9.97. The smallest absolute Gasteiger partial charge is 0.0572 e. The molecule has 1 saturated heterocycles. The van der Waals surface area contributed by atoms with Gasteiger partial charge in [0.1, 0.15) is 0 Å². The molecule has 2 heterocycles. The molecule has 0 aliphatic carbocycles. The number of nitrogens with zero attached hydrogens (tertiary/aromatic N) is 2. The highest BCUT2D eigenvalue weighted by Gasteiger charge is 2.30. The number of aliphatic hydroxyl groups is 1. The van der Waals surface area contributed by atoms with Crippen LogP contribution in [0.3, 0.4) is 0 Å². The zero-order valence-corrected chi connectivity index (χ0v) is 8.43. The largest absolute Gasteiger partial charge is 0.396 e. The van der Waals surface area contributed by atoms with Crippen molar-refractivity contribution in [3.05, 3.63) is 30.1 Å². The molecule has 0 spiro atoms. The second kappa shape index (κ2) is 4.07. The average molecular weight is 192 g/mol. The van der Waals surface area contributed by atoms with E-state index in [0.29, 0.717) is 18.6 Å². The second-order valence-corrected chi connectivity index (χ2v) is 3.93. The summed E-state index contributed by atoms with van der Waals surface area (Å²) >= 11 is 0. The van der Waals surface area contributed by atoms with Crippen LogP contribution in [-0.4, -0.2) is 34.7 Å². The molecule has 0 bridgehead atoms. The fourth-order valence-corrected chi connectivity index (χ4v) is 1.85. The molecule has 0 unspecified atom stereocenters. The minimum Gasteiger partial charge on any atom is -0.396 e. The van der Waals surface area contributed by atoms with Gasteiger partial charge in [-0.2, -0.15) is 0 Å². The molecule has 2 rings (SSSR count). The first-order chi connectivity index (χ1) is 6.81. The van der Waals surface area contributed by atoms with Gasteiger partial charge in [-0.05, 0) is 19.1 Å². The van der Waals surface area contributed by atoms with Crippen molar-refractivity contribution in [2.45, 2.75) is 13.0 Å². The molecule has 0 radical (unpaired) electrons. The van der Waals surface area contributed by atoms with Crippen LogP contribution in [-0.2, 0) is 0 Å². The standard InChI is InChI=1S/C11H16N2O/c1-9(11-4-2-3-5-12-11)13-6-10(7-13)8-14/h2-5,9-10,14H,6-8H2,1H3/t9-/m0/s1. The molecular weight excluding hydrogens is 176 g/mol. The highest BCUT2D eigenvalue weighted by molar-refractivity contribution is 5.09. The number of aliphatic hydroxyl groups excluding tert-OH is 1. The van der Waals surface area contributed by atoms with E-state index in [1.165, 1.54) is 0 Å². The zero-order valence-electron chi connectivity index (χ0n) is 8.43. The fraction of sp³-hybridized carbons (Fsp3) is 0.545. The molecule has 1 aliphatic rings. The summed E-state index contributed by atoms with van der Waals surface area (Å²) in [6.07, 6.45) is 1.83. The lowest BCUT2D eigenvalue weighted by Crippen LogP contribution is -2.49. The maximum Gasteiger partial charge on any atom is 0.0572 e. The number of aromatic nitrogens is 1. The maximum absolute atomic E-state index is 8.91. The van der Waals surface area contributed by atoms with Crippen LogP contribution >= 0.6 is 0 Å². The summed E-state index contributed by atoms with van der Waals surface area (Å²) < 4.78 is 0. The molecule has 3 heteroatoms. The van der Waals surface area contributed by atoms with E-state index in [-0.39, 0.29) is 0 Å². The van der Waals surface area contributed by atoms with E-state index in [2.05, 4.69) is 22.9 Å². The molecule has 1 fully saturated rings. The summed E-state index contributed by atoms with van der Waals surface area (Å²) in [6, 6.07) is 6.38. The van der Waals surface area contributed by atoms with Gasteiger partial charge in [-0.15, -0.1) is 0 Å². The Hall–Kier alpha value is -0.930. The van der Waals surface area contributed by atoms with Gasteiger partial charge in [0, 0.05) is 37.9 Å². The van der Waals surface area contributed by atoms with E-state index in [9.17, 15) is 0 Å². The highest BCUT2D eigenvalue weighted by Crippen LogP contribution is 2.26. The minimum atomic E-state index is 0.311. The summed E-state index contributed by atoms with van der Waals surface area (Å²) in [5, 5.41) is 8.91. The van der Waals surface area contributed by atoms with Gasteiger partial charge in [0.05, 0.1) is 5.69 Å². The van der Waals surface area contributed by atoms with Crippen LogP contribution in [0.15, 0.2) is 24.4 Å². The molecule has 0 amide bonds. The quantitative estimate of drug-likeness (QED) is 0.778. The molecule has 3 nitrogen and oxygen atoms in total. The predicted octanol–water partition coefficient (Wildman–Crippen LogP) is 1.07. The molecule has 0 aromatic carbocycles. The molecule has 0 saturated carbocycles. The molecule has 1 N–H and O–H groups in total. The molecule has 1 aromatic rings. The van der Waals surface area contributed by atoms with Crippen LogP contribution in [0.4, 0.5) is 0 Å². The summed E-state index contributed by atoms with van der Waals surface area (Å²) in [5.41, 5.74) is 1.11. The van der Waals surface area contributed by atoms with E-state index < -0.39 is 0 Å². The average Bonchev–Trinajstić information content (AvgIpc) is 2.17. The van der Waals surface area contributed by atoms with Crippen LogP contribution in [0.2, 0.25) is 0 Å². The monoisotopic (exact) mass is 192 g/mol. The van der Waals surface area contributed by atoms with Gasteiger partial charge in [-0.3, -0.25) is 9.88 Å². The van der Waals surface area contributed by atoms with E-state index in [1.54, 1.807) is 0 Å². The number of rotatable bonds is 3. The summed E-state index contributed by atoms with van der Waals surface area (Å²) in [6.45, 7) is 4.46. The topological polar surface area (TPSA) is 36.4 Å². The number of hydrogen-bond donors (Lipinski definition) is 1. The van der Waals surface area contributed by atoms with Crippen molar-refractivity contribution in [2.75, 3.05) is 19.7 Å². The SMILES string of the molecule is C[C@@H](c1ccccn1)N1CC(CO)C1. The molecule has 1 aliphatic heterocycles. The number of hydrogen-bond acceptors (Lipinski definition) is 3. The Morgan fingerprint density at radius 1 is 1.57 bits per heavy atom. The Bertz CT molecular complexity index is 283. The minimum absolute atomic E-state index is 0.311. The van der Waals surface area contributed by atoms with Crippen molar-refractivity contribution in [1.82, 2.24) is 9.88 Å². The van der Waals surface area contributed by atoms with Gasteiger partial charge in [-0.1, -0.05) is 6.07 Å². The van der Waals surface area contributed by atoms with Crippen LogP contribution in [0, 0.1) is 5.92 Å². The molecule has 14 heavy (non-hydrogen) atoms. The molecule has 76 valence electrons. The lowest BCUT2D eigenvalue weighted by molar-refractivity contribution is 0.0233. The lowest BCUT2D eigenvalue weighted by atomic mass is 9.98. The number of likely N-dealkylation sites (tertiary alicyclic amines) is 1. The second-order valence-electron chi connectivity index (χ2n) is 3.93. The van der Waals surface area contributed by atoms with Crippen molar-refractivity contribution in [2.24, 2.45) is 5.92 Å². The van der Waals surface area contributed by atoms with Gasteiger partial charge in [0.15, 0.2) is 0 Å². The third-order valence-corrected chi connectivity index (χ3v) is 2.91. The summed E-state index contributed by atoms with van der Waals surface area (Å²) in [4.78, 5) is 6.66. The third-order valence-electron chi connectivity index (χ3n) is 2.91. The fourth-order valence-electron chi connectivity index (χ4n) is 1.85. The van der Waals surface area contributed by atoms with Crippen molar-refractivity contribution >= 4 is 0 Å². The highest BCUT2D eigenvalue weighted by atomic mass is 16.3. The number of pyridine rings is 1. The Morgan fingerprint density at radius 3 is 2.93 bits per heavy atom. The van der Waals surface area contributed by atoms with E-state index in [0.717, 1.165) is 18.8 Å². The van der Waals surface area contributed by atoms with Crippen LogP contribution < -0.4 is 0 Å². The van der Waals surface area contributed by atoms with Crippen molar-refractivity contribution < 1.29 is 5.11 Å². The predicted molar refractivity (Wildman–Crippen MR) is 54.8 cm³/mol. The van der Waals surface area contributed by atoms with Crippen molar-refractivity contribution in [1.29, 1.82) is 0 Å². The van der Waals surface area contributed by atoms with E-state index in [4.69, 9.17) is 5.11 Å². The normalized spacial score (nSPS) is 20.4. The van der Waals surface area contributed by atoms with Crippen LogP contribution in [0.5, 0.6) is 0 Å². The third kappa shape index (κ3) is 1.79. The van der Waals surface area contributed by atoms with Gasteiger partial charge in [-0.25, -0.2) is 0 Å². The Labute approximate surface area is 84.4 Å². The van der Waals surface area contributed by atoms with Crippen molar-refractivity contribution in [3.8, 4) is 0 Å². The Morgan fingerprint density at radius 2 is 2.36 bits per heavy atom. The molecule has 1 aromatic heterocycles. The van der Waals surface area contributed by atoms with E-state index in [1.807, 2.05) is 18.3 Å². The Kier molecular flexibility index (Phi) is 2.79. The molecule has 1 atom stereocenters. The first-order valence-corrected chi connectivity index (χ1v) is 5.07. The summed E-state index contributed by atoms with van der Waals surface area (Å²) in [7, 11) is 0. The van der Waals surface area contributed by atoms with Gasteiger partial charge < -0.3 is 5.11 Å². The molecular formula is C11H16N2O.